The molecule has 1 aromatic heterocycles. The quantitative estimate of drug-likeness (QED) is 0.873. The summed E-state index contributed by atoms with van der Waals surface area (Å²) in [5, 5.41) is 10.9. The highest BCUT2D eigenvalue weighted by Crippen LogP contribution is 2.39. The number of nitrogens with one attached hydrogen (secondary N) is 2. The number of hydrogen-bond donors (Lipinski definition) is 2. The van der Waals surface area contributed by atoms with Crippen LogP contribution in [0.25, 0.3) is 0 Å². The lowest BCUT2D eigenvalue weighted by Gasteiger charge is -2.33. The summed E-state index contributed by atoms with van der Waals surface area (Å²) in [4.78, 5) is 2.62. The maximum absolute atomic E-state index is 4.30. The van der Waals surface area contributed by atoms with Crippen LogP contribution in [0.4, 0.5) is 0 Å². The fourth-order valence-corrected chi connectivity index (χ4v) is 3.56. The molecule has 2 N–H and O–H groups in total. The number of aromatic amines is 1. The van der Waals surface area contributed by atoms with E-state index >= 15 is 0 Å². The van der Waals surface area contributed by atoms with E-state index in [0.29, 0.717) is 5.41 Å². The Morgan fingerprint density at radius 1 is 1.21 bits per heavy atom. The van der Waals surface area contributed by atoms with Crippen molar-refractivity contribution in [2.45, 2.75) is 39.7 Å². The minimum Gasteiger partial charge on any atom is -0.317 e. The van der Waals surface area contributed by atoms with Crippen molar-refractivity contribution < 1.29 is 0 Å². The molecule has 0 radical (unpaired) electrons. The number of H-pyrrole nitrogens is 1. The summed E-state index contributed by atoms with van der Waals surface area (Å²) < 4.78 is 0. The highest BCUT2D eigenvalue weighted by molar-refractivity contribution is 5.85. The molecule has 1 spiro atoms. The summed E-state index contributed by atoms with van der Waals surface area (Å²) in [7, 11) is 0. The van der Waals surface area contributed by atoms with Gasteiger partial charge in [0.2, 0.25) is 0 Å². The molecule has 19 heavy (non-hydrogen) atoms. The molecule has 2 aliphatic heterocycles. The maximum atomic E-state index is 4.30. The molecular weight excluding hydrogens is 260 g/mol. The minimum atomic E-state index is 0. The van der Waals surface area contributed by atoms with Gasteiger partial charge in [-0.2, -0.15) is 5.10 Å². The van der Waals surface area contributed by atoms with Crippen LogP contribution in [0, 0.1) is 19.3 Å². The lowest BCUT2D eigenvalue weighted by atomic mass is 9.78. The molecule has 0 aliphatic carbocycles. The first kappa shape index (κ1) is 14.8. The van der Waals surface area contributed by atoms with E-state index in [0.717, 1.165) is 6.54 Å². The molecule has 0 amide bonds. The van der Waals surface area contributed by atoms with Crippen LogP contribution in [-0.4, -0.2) is 41.3 Å². The van der Waals surface area contributed by atoms with Gasteiger partial charge in [0.15, 0.2) is 0 Å². The number of piperidine rings is 1. The lowest BCUT2D eigenvalue weighted by Crippen LogP contribution is -2.38. The third-order valence-electron chi connectivity index (χ3n) is 4.84. The molecule has 5 heteroatoms. The van der Waals surface area contributed by atoms with Crippen LogP contribution < -0.4 is 5.32 Å². The second-order valence-electron chi connectivity index (χ2n) is 6.12. The molecule has 4 nitrogen and oxygen atoms in total. The zero-order valence-corrected chi connectivity index (χ0v) is 12.8. The van der Waals surface area contributed by atoms with Gasteiger partial charge in [-0.25, -0.2) is 0 Å². The van der Waals surface area contributed by atoms with Gasteiger partial charge in [-0.15, -0.1) is 12.4 Å². The van der Waals surface area contributed by atoms with Gasteiger partial charge in [0.05, 0.1) is 5.69 Å². The van der Waals surface area contributed by atoms with Crippen LogP contribution in [0.15, 0.2) is 0 Å². The average Bonchev–Trinajstić information content (AvgIpc) is 2.89. The normalized spacial score (nSPS) is 22.6. The first-order chi connectivity index (χ1) is 8.69. The van der Waals surface area contributed by atoms with Crippen molar-refractivity contribution in [3.05, 3.63) is 17.0 Å². The number of hydrogen-bond acceptors (Lipinski definition) is 3. The molecule has 0 bridgehead atoms. The van der Waals surface area contributed by atoms with E-state index in [2.05, 4.69) is 34.3 Å². The number of aryl methyl sites for hydroxylation is 2. The Balaban J connectivity index is 0.00000133. The van der Waals surface area contributed by atoms with E-state index in [1.807, 2.05) is 0 Å². The first-order valence-electron chi connectivity index (χ1n) is 7.12. The van der Waals surface area contributed by atoms with Crippen LogP contribution in [0.3, 0.4) is 0 Å². The minimum absolute atomic E-state index is 0. The van der Waals surface area contributed by atoms with Gasteiger partial charge >= 0.3 is 0 Å². The molecular formula is C14H25ClN4. The summed E-state index contributed by atoms with van der Waals surface area (Å²) in [6.07, 6.45) is 4.09. The summed E-state index contributed by atoms with van der Waals surface area (Å²) in [6, 6.07) is 0. The fraction of sp³-hybridized carbons (Fsp3) is 0.786. The Morgan fingerprint density at radius 3 is 2.58 bits per heavy atom. The Labute approximate surface area is 121 Å². The van der Waals surface area contributed by atoms with E-state index in [4.69, 9.17) is 0 Å². The van der Waals surface area contributed by atoms with Crippen molar-refractivity contribution in [3.63, 3.8) is 0 Å². The fourth-order valence-electron chi connectivity index (χ4n) is 3.56. The zero-order chi connectivity index (χ0) is 12.6. The number of halogens is 1. The largest absolute Gasteiger partial charge is 0.317 e. The van der Waals surface area contributed by atoms with Gasteiger partial charge in [-0.05, 0) is 58.2 Å². The molecule has 0 saturated carbocycles. The SMILES string of the molecule is Cc1n[nH]c(C)c1CN1CCC2(CCNCC2)C1.Cl. The van der Waals surface area contributed by atoms with Gasteiger partial charge in [0.25, 0.3) is 0 Å². The summed E-state index contributed by atoms with van der Waals surface area (Å²) in [5.74, 6) is 0. The van der Waals surface area contributed by atoms with Gasteiger partial charge < -0.3 is 5.32 Å². The van der Waals surface area contributed by atoms with Gasteiger partial charge in [-0.1, -0.05) is 0 Å². The third-order valence-corrected chi connectivity index (χ3v) is 4.84. The number of nitrogens with zero attached hydrogens (tertiary/aromatic N) is 2. The molecule has 3 rings (SSSR count). The standard InChI is InChI=1S/C14H24N4.ClH/c1-11-13(12(2)17-16-11)9-18-8-5-14(10-18)3-6-15-7-4-14;/h15H,3-10H2,1-2H3,(H,16,17);1H. The van der Waals surface area contributed by atoms with Crippen molar-refractivity contribution in [1.29, 1.82) is 0 Å². The van der Waals surface area contributed by atoms with Crippen molar-refractivity contribution in [2.75, 3.05) is 26.2 Å². The van der Waals surface area contributed by atoms with E-state index in [-0.39, 0.29) is 12.4 Å². The molecule has 0 unspecified atom stereocenters. The van der Waals surface area contributed by atoms with Crippen LogP contribution in [0.1, 0.15) is 36.2 Å². The zero-order valence-electron chi connectivity index (χ0n) is 12.0. The smallest absolute Gasteiger partial charge is 0.0639 e. The number of aromatic nitrogens is 2. The Hall–Kier alpha value is -0.580. The number of likely N-dealkylation sites (tertiary alicyclic amines) is 1. The molecule has 108 valence electrons. The Bertz CT molecular complexity index is 404. The Morgan fingerprint density at radius 2 is 1.95 bits per heavy atom. The van der Waals surface area contributed by atoms with Crippen molar-refractivity contribution in [3.8, 4) is 0 Å². The van der Waals surface area contributed by atoms with E-state index in [9.17, 15) is 0 Å². The lowest BCUT2D eigenvalue weighted by molar-refractivity contribution is 0.193. The molecule has 2 fully saturated rings. The van der Waals surface area contributed by atoms with E-state index in [1.165, 1.54) is 62.4 Å². The Kier molecular flexibility index (Phi) is 4.54. The van der Waals surface area contributed by atoms with Crippen LogP contribution in [0.2, 0.25) is 0 Å². The maximum Gasteiger partial charge on any atom is 0.0639 e. The number of rotatable bonds is 2. The van der Waals surface area contributed by atoms with Crippen LogP contribution in [0.5, 0.6) is 0 Å². The topological polar surface area (TPSA) is 44.0 Å². The molecule has 0 atom stereocenters. The van der Waals surface area contributed by atoms with Crippen molar-refractivity contribution in [1.82, 2.24) is 20.4 Å². The molecule has 0 aromatic carbocycles. The molecule has 2 aliphatic rings. The third kappa shape index (κ3) is 2.96. The summed E-state index contributed by atoms with van der Waals surface area (Å²) >= 11 is 0. The highest BCUT2D eigenvalue weighted by atomic mass is 35.5. The molecule has 3 heterocycles. The van der Waals surface area contributed by atoms with Crippen LogP contribution >= 0.6 is 12.4 Å². The van der Waals surface area contributed by atoms with Gasteiger partial charge in [0.1, 0.15) is 0 Å². The highest BCUT2D eigenvalue weighted by Gasteiger charge is 2.38. The second-order valence-corrected chi connectivity index (χ2v) is 6.12. The van der Waals surface area contributed by atoms with Crippen molar-refractivity contribution in [2.24, 2.45) is 5.41 Å². The summed E-state index contributed by atoms with van der Waals surface area (Å²) in [6.45, 7) is 10.3. The second kappa shape index (κ2) is 5.81. The van der Waals surface area contributed by atoms with Gasteiger partial charge in [-0.3, -0.25) is 10.00 Å². The van der Waals surface area contributed by atoms with E-state index < -0.39 is 0 Å². The van der Waals surface area contributed by atoms with Crippen molar-refractivity contribution >= 4 is 12.4 Å². The summed E-state index contributed by atoms with van der Waals surface area (Å²) in [5.41, 5.74) is 4.41. The average molecular weight is 285 g/mol. The first-order valence-corrected chi connectivity index (χ1v) is 7.12. The van der Waals surface area contributed by atoms with E-state index in [1.54, 1.807) is 0 Å². The molecule has 1 aromatic rings. The monoisotopic (exact) mass is 284 g/mol. The predicted molar refractivity (Wildman–Crippen MR) is 79.7 cm³/mol. The van der Waals surface area contributed by atoms with Crippen LogP contribution in [-0.2, 0) is 6.54 Å². The van der Waals surface area contributed by atoms with Gasteiger partial charge in [0, 0.05) is 24.3 Å². The molecule has 2 saturated heterocycles. The predicted octanol–water partition coefficient (Wildman–Crippen LogP) is 2.02.